The van der Waals surface area contributed by atoms with Crippen molar-refractivity contribution in [1.29, 1.82) is 0 Å². The lowest BCUT2D eigenvalue weighted by Crippen LogP contribution is -2.44. The summed E-state index contributed by atoms with van der Waals surface area (Å²) in [4.78, 5) is 31.0. The maximum Gasteiger partial charge on any atom is 0.343 e. The molecular weight excluding hydrogens is 440 g/mol. The number of hydrogen-bond donors (Lipinski definition) is 2. The molecule has 0 fully saturated rings. The number of carbonyl (C=O) groups excluding carboxylic acids is 1. The highest BCUT2D eigenvalue weighted by atomic mass is 16.6. The molecule has 0 spiro atoms. The Labute approximate surface area is 195 Å². The Hall–Kier alpha value is -3.27. The van der Waals surface area contributed by atoms with Crippen molar-refractivity contribution in [1.82, 2.24) is 9.55 Å². The molecule has 0 saturated heterocycles. The first-order valence-corrected chi connectivity index (χ1v) is 11.3. The number of esters is 1. The number of aromatic hydroxyl groups is 1. The van der Waals surface area contributed by atoms with Crippen LogP contribution in [0, 0.1) is 0 Å². The zero-order valence-electron chi connectivity index (χ0n) is 19.3. The molecule has 1 aromatic carbocycles. The molecule has 178 valence electrons. The molecule has 0 radical (unpaired) electrons. The first-order chi connectivity index (χ1) is 16.3. The number of cyclic esters (lactones) is 1. The highest BCUT2D eigenvalue weighted by molar-refractivity contribution is 5.90. The van der Waals surface area contributed by atoms with Crippen LogP contribution >= 0.6 is 0 Å². The molecule has 3 aromatic rings. The summed E-state index contributed by atoms with van der Waals surface area (Å²) in [7, 11) is 1.57. The van der Waals surface area contributed by atoms with Crippen molar-refractivity contribution < 1.29 is 29.2 Å². The summed E-state index contributed by atoms with van der Waals surface area (Å²) in [5.74, 6) is -0.651. The van der Waals surface area contributed by atoms with Crippen LogP contribution in [0.15, 0.2) is 29.1 Å². The summed E-state index contributed by atoms with van der Waals surface area (Å²) in [6.07, 6.45) is -0.107. The van der Waals surface area contributed by atoms with Gasteiger partial charge < -0.3 is 24.4 Å². The van der Waals surface area contributed by atoms with Gasteiger partial charge in [-0.3, -0.25) is 9.36 Å². The summed E-state index contributed by atoms with van der Waals surface area (Å²) >= 11 is 0. The number of nitrogens with zero attached hydrogens (tertiary/aromatic N) is 2. The maximum atomic E-state index is 13.8. The third-order valence-electron chi connectivity index (χ3n) is 6.74. The van der Waals surface area contributed by atoms with Gasteiger partial charge in [-0.05, 0) is 42.7 Å². The van der Waals surface area contributed by atoms with Crippen LogP contribution < -0.4 is 5.56 Å². The zero-order valence-corrected chi connectivity index (χ0v) is 19.3. The minimum Gasteiger partial charge on any atom is -0.508 e. The molecule has 2 aromatic heterocycles. The van der Waals surface area contributed by atoms with Crippen molar-refractivity contribution in [2.24, 2.45) is 0 Å². The van der Waals surface area contributed by atoms with Crippen molar-refractivity contribution in [3.05, 3.63) is 56.9 Å². The van der Waals surface area contributed by atoms with Crippen LogP contribution in [0.25, 0.3) is 22.3 Å². The number of methoxy groups -OCH3 is 1. The van der Waals surface area contributed by atoms with E-state index in [9.17, 15) is 19.8 Å². The van der Waals surface area contributed by atoms with Gasteiger partial charge in [0.25, 0.3) is 5.56 Å². The third kappa shape index (κ3) is 3.08. The van der Waals surface area contributed by atoms with Crippen molar-refractivity contribution in [2.75, 3.05) is 20.3 Å². The van der Waals surface area contributed by atoms with Gasteiger partial charge in [0.1, 0.15) is 12.4 Å². The van der Waals surface area contributed by atoms with Crippen molar-refractivity contribution >= 4 is 16.9 Å². The Morgan fingerprint density at radius 3 is 2.74 bits per heavy atom. The molecule has 2 aliphatic rings. The quantitative estimate of drug-likeness (QED) is 0.420. The van der Waals surface area contributed by atoms with Gasteiger partial charge in [-0.15, -0.1) is 0 Å². The summed E-state index contributed by atoms with van der Waals surface area (Å²) in [6, 6.07) is 6.61. The van der Waals surface area contributed by atoms with Gasteiger partial charge in [-0.2, -0.15) is 0 Å². The number of benzene rings is 1. The highest BCUT2D eigenvalue weighted by Crippen LogP contribution is 2.45. The smallest absolute Gasteiger partial charge is 0.343 e. The van der Waals surface area contributed by atoms with Gasteiger partial charge in [-0.1, -0.05) is 13.8 Å². The van der Waals surface area contributed by atoms with Crippen molar-refractivity contribution in [3.63, 3.8) is 0 Å². The largest absolute Gasteiger partial charge is 0.508 e. The monoisotopic (exact) mass is 466 g/mol. The second kappa shape index (κ2) is 8.19. The second-order valence-corrected chi connectivity index (χ2v) is 8.51. The summed E-state index contributed by atoms with van der Waals surface area (Å²) in [5, 5.41) is 22.0. The Morgan fingerprint density at radius 2 is 2.03 bits per heavy atom. The number of hydrogen-bond acceptors (Lipinski definition) is 8. The molecule has 9 nitrogen and oxygen atoms in total. The van der Waals surface area contributed by atoms with E-state index < -0.39 is 23.4 Å². The summed E-state index contributed by atoms with van der Waals surface area (Å²) in [6.45, 7) is 4.00. The first-order valence-electron chi connectivity index (χ1n) is 11.3. The van der Waals surface area contributed by atoms with Gasteiger partial charge >= 0.3 is 5.97 Å². The Morgan fingerprint density at radius 1 is 1.24 bits per heavy atom. The minimum absolute atomic E-state index is 0.0625. The van der Waals surface area contributed by atoms with Crippen LogP contribution in [0.3, 0.4) is 0 Å². The normalized spacial score (nSPS) is 20.7. The fourth-order valence-corrected chi connectivity index (χ4v) is 4.99. The fourth-order valence-electron chi connectivity index (χ4n) is 4.99. The van der Waals surface area contributed by atoms with Crippen LogP contribution in [-0.2, 0) is 37.6 Å². The van der Waals surface area contributed by atoms with E-state index in [-0.39, 0.29) is 36.5 Å². The van der Waals surface area contributed by atoms with Gasteiger partial charge in [0.05, 0.1) is 35.7 Å². The van der Waals surface area contributed by atoms with Crippen LogP contribution in [0.4, 0.5) is 0 Å². The number of phenols is 1. The van der Waals surface area contributed by atoms with Crippen LogP contribution in [0.1, 0.15) is 48.8 Å². The molecule has 4 heterocycles. The second-order valence-electron chi connectivity index (χ2n) is 8.51. The van der Waals surface area contributed by atoms with E-state index in [0.29, 0.717) is 29.9 Å². The van der Waals surface area contributed by atoms with Gasteiger partial charge in [-0.25, -0.2) is 9.78 Å². The SMILES string of the molecule is CCc1c2c(nc3ccc(O)cc13)-c1cc3c(c(=O)n1C2OCCOC)COC(=O)[C@]3(O)CC. The summed E-state index contributed by atoms with van der Waals surface area (Å²) < 4.78 is 18.0. The lowest BCUT2D eigenvalue weighted by Gasteiger charge is -2.32. The minimum atomic E-state index is -1.91. The zero-order chi connectivity index (χ0) is 24.2. The Balaban J connectivity index is 1.84. The molecule has 5 rings (SSSR count). The summed E-state index contributed by atoms with van der Waals surface area (Å²) in [5.41, 5.74) is 1.46. The van der Waals surface area contributed by atoms with E-state index in [1.54, 1.807) is 38.3 Å². The molecule has 1 unspecified atom stereocenters. The number of aromatic nitrogens is 2. The number of carbonyl (C=O) groups is 1. The lowest BCUT2D eigenvalue weighted by molar-refractivity contribution is -0.172. The van der Waals surface area contributed by atoms with Crippen LogP contribution in [0.5, 0.6) is 5.75 Å². The van der Waals surface area contributed by atoms with Crippen molar-refractivity contribution in [2.45, 2.75) is 45.1 Å². The average Bonchev–Trinajstić information content (AvgIpc) is 3.14. The number of pyridine rings is 2. The standard InChI is InChI=1S/C25H26N2O7/c1-4-14-15-10-13(28)6-7-18(15)26-21-19-11-17-16(12-34-24(30)25(17,31)5-2)22(29)27(19)23(20(14)21)33-9-8-32-3/h6-7,10-11,23,28,31H,4-5,8-9,12H2,1-3H3/t23?,25-/m0/s1. The third-order valence-corrected chi connectivity index (χ3v) is 6.74. The number of rotatable bonds is 6. The molecular formula is C25H26N2O7. The lowest BCUT2D eigenvalue weighted by atomic mass is 9.86. The topological polar surface area (TPSA) is 120 Å². The number of aryl methyl sites for hydroxylation is 1. The molecule has 2 atom stereocenters. The highest BCUT2D eigenvalue weighted by Gasteiger charge is 2.46. The van der Waals surface area contributed by atoms with E-state index in [1.807, 2.05) is 6.92 Å². The Kier molecular flexibility index (Phi) is 5.43. The van der Waals surface area contributed by atoms with E-state index >= 15 is 0 Å². The fraction of sp³-hybridized carbons (Fsp3) is 0.400. The van der Waals surface area contributed by atoms with Gasteiger partial charge in [0.2, 0.25) is 0 Å². The molecule has 2 N–H and O–H groups in total. The molecule has 0 saturated carbocycles. The maximum absolute atomic E-state index is 13.8. The molecule has 9 heteroatoms. The average molecular weight is 466 g/mol. The molecule has 0 bridgehead atoms. The van der Waals surface area contributed by atoms with E-state index in [0.717, 1.165) is 16.5 Å². The molecule has 0 amide bonds. The van der Waals surface area contributed by atoms with Crippen molar-refractivity contribution in [3.8, 4) is 17.1 Å². The van der Waals surface area contributed by atoms with E-state index in [4.69, 9.17) is 19.2 Å². The predicted octanol–water partition coefficient (Wildman–Crippen LogP) is 2.51. The number of aliphatic hydroxyl groups is 1. The van der Waals surface area contributed by atoms with Crippen LogP contribution in [-0.4, -0.2) is 46.1 Å². The van der Waals surface area contributed by atoms with Gasteiger partial charge in [0.15, 0.2) is 11.8 Å². The Bertz CT molecular complexity index is 1380. The number of ether oxygens (including phenoxy) is 3. The van der Waals surface area contributed by atoms with Crippen LogP contribution in [0.2, 0.25) is 0 Å². The molecule has 2 aliphatic heterocycles. The predicted molar refractivity (Wildman–Crippen MR) is 122 cm³/mol. The molecule has 0 aliphatic carbocycles. The number of fused-ring (bicyclic) bond motifs is 5. The van der Waals surface area contributed by atoms with E-state index in [1.165, 1.54) is 4.57 Å². The number of phenolic OH excluding ortho intramolecular Hbond substituents is 1. The van der Waals surface area contributed by atoms with E-state index in [2.05, 4.69) is 0 Å². The van der Waals surface area contributed by atoms with Gasteiger partial charge in [0, 0.05) is 23.6 Å². The first kappa shape index (κ1) is 22.5. The molecule has 34 heavy (non-hydrogen) atoms.